The van der Waals surface area contributed by atoms with Crippen molar-refractivity contribution < 1.29 is 0 Å². The van der Waals surface area contributed by atoms with Gasteiger partial charge >= 0.3 is 0 Å². The average molecular weight is 235 g/mol. The Morgan fingerprint density at radius 1 is 0.647 bits per heavy atom. The fraction of sp³-hybridized carbons (Fsp3) is 0.706. The molecule has 0 aliphatic heterocycles. The van der Waals surface area contributed by atoms with Crippen LogP contribution in [0.5, 0.6) is 0 Å². The Labute approximate surface area is 109 Å². The van der Waals surface area contributed by atoms with Crippen LogP contribution in [0.25, 0.3) is 0 Å². The van der Waals surface area contributed by atoms with Gasteiger partial charge in [0.2, 0.25) is 0 Å². The summed E-state index contributed by atoms with van der Waals surface area (Å²) in [6.07, 6.45) is 23.5. The fourth-order valence-electron chi connectivity index (χ4n) is 1.92. The third kappa shape index (κ3) is 15.5. The predicted octanol–water partition coefficient (Wildman–Crippen LogP) is 6.24. The van der Waals surface area contributed by atoms with E-state index in [0.29, 0.717) is 0 Å². The second-order valence-corrected chi connectivity index (χ2v) is 4.73. The minimum atomic E-state index is 1.11. The molecule has 0 heterocycles. The lowest BCUT2D eigenvalue weighted by molar-refractivity contribution is 0.583. The molecule has 0 rings (SSSR count). The molecule has 0 aromatic carbocycles. The molecule has 0 unspecified atom stereocenters. The number of hydrogen-bond donors (Lipinski definition) is 0. The van der Waals surface area contributed by atoms with Gasteiger partial charge in [-0.3, -0.25) is 0 Å². The van der Waals surface area contributed by atoms with Gasteiger partial charge in [0.1, 0.15) is 0 Å². The second kappa shape index (κ2) is 15.5. The van der Waals surface area contributed by atoms with Gasteiger partial charge in [-0.05, 0) is 32.6 Å². The van der Waals surface area contributed by atoms with Gasteiger partial charge in [0.15, 0.2) is 0 Å². The maximum absolute atomic E-state index is 3.87. The molecular weight excluding hydrogens is 204 g/mol. The number of hydrogen-bond acceptors (Lipinski definition) is 0. The van der Waals surface area contributed by atoms with Crippen LogP contribution in [0, 0.1) is 6.92 Å². The van der Waals surface area contributed by atoms with E-state index in [4.69, 9.17) is 0 Å². The van der Waals surface area contributed by atoms with E-state index >= 15 is 0 Å². The molecule has 1 radical (unpaired) electrons. The van der Waals surface area contributed by atoms with Crippen LogP contribution >= 0.6 is 0 Å². The van der Waals surface area contributed by atoms with Gasteiger partial charge in [-0.2, -0.15) is 0 Å². The standard InChI is InChI=1S/C17H31/c1-3-5-7-9-11-13-15-17-16-14-12-10-8-6-4-2/h4,6,12,14H,1,3,5,7-11,13,15-17H2,2H3/b6-4+,14-12+. The van der Waals surface area contributed by atoms with Gasteiger partial charge in [-0.1, -0.05) is 76.2 Å². The van der Waals surface area contributed by atoms with Gasteiger partial charge in [-0.15, -0.1) is 0 Å². The molecule has 0 amide bonds. The van der Waals surface area contributed by atoms with Crippen LogP contribution in [-0.4, -0.2) is 0 Å². The minimum Gasteiger partial charge on any atom is -0.0917 e. The predicted molar refractivity (Wildman–Crippen MR) is 80.1 cm³/mol. The first-order chi connectivity index (χ1) is 8.41. The van der Waals surface area contributed by atoms with Crippen molar-refractivity contribution in [2.24, 2.45) is 0 Å². The van der Waals surface area contributed by atoms with Gasteiger partial charge in [0, 0.05) is 0 Å². The zero-order valence-electron chi connectivity index (χ0n) is 11.8. The first-order valence-electron chi connectivity index (χ1n) is 7.47. The summed E-state index contributed by atoms with van der Waals surface area (Å²) in [6.45, 7) is 5.95. The molecule has 0 heteroatoms. The van der Waals surface area contributed by atoms with Crippen molar-refractivity contribution in [1.29, 1.82) is 0 Å². The SMILES string of the molecule is [CH2]CCCCCCCCC/C=C/CC/C=C/C. The lowest BCUT2D eigenvalue weighted by Gasteiger charge is -1.99. The normalized spacial score (nSPS) is 11.9. The third-order valence-electron chi connectivity index (χ3n) is 3.02. The van der Waals surface area contributed by atoms with Crippen LogP contribution < -0.4 is 0 Å². The first-order valence-corrected chi connectivity index (χ1v) is 7.47. The maximum Gasteiger partial charge on any atom is -0.0316 e. The Balaban J connectivity index is 3.02. The highest BCUT2D eigenvalue weighted by molar-refractivity contribution is 4.86. The zero-order chi connectivity index (χ0) is 12.6. The van der Waals surface area contributed by atoms with Crippen molar-refractivity contribution in [3.8, 4) is 0 Å². The monoisotopic (exact) mass is 235 g/mol. The van der Waals surface area contributed by atoms with E-state index in [1.807, 2.05) is 0 Å². The van der Waals surface area contributed by atoms with Crippen molar-refractivity contribution in [3.63, 3.8) is 0 Å². The van der Waals surface area contributed by atoms with Gasteiger partial charge in [0.05, 0.1) is 0 Å². The zero-order valence-corrected chi connectivity index (χ0v) is 11.8. The van der Waals surface area contributed by atoms with Crippen molar-refractivity contribution in [2.75, 3.05) is 0 Å². The van der Waals surface area contributed by atoms with Crippen molar-refractivity contribution in [2.45, 2.75) is 77.6 Å². The largest absolute Gasteiger partial charge is 0.0917 e. The lowest BCUT2D eigenvalue weighted by atomic mass is 10.1. The summed E-state index contributed by atoms with van der Waals surface area (Å²) in [4.78, 5) is 0. The summed E-state index contributed by atoms with van der Waals surface area (Å²) in [5.41, 5.74) is 0. The molecule has 0 bridgehead atoms. The smallest absolute Gasteiger partial charge is 0.0316 e. The van der Waals surface area contributed by atoms with E-state index < -0.39 is 0 Å². The molecule has 0 aliphatic carbocycles. The van der Waals surface area contributed by atoms with Crippen LogP contribution in [0.2, 0.25) is 0 Å². The van der Waals surface area contributed by atoms with Crippen molar-refractivity contribution >= 4 is 0 Å². The van der Waals surface area contributed by atoms with Crippen LogP contribution in [0.15, 0.2) is 24.3 Å². The Bertz CT molecular complexity index is 176. The van der Waals surface area contributed by atoms with E-state index in [2.05, 4.69) is 38.2 Å². The first kappa shape index (κ1) is 16.5. The molecule has 0 fully saturated rings. The van der Waals surface area contributed by atoms with E-state index in [9.17, 15) is 0 Å². The molecule has 0 nitrogen and oxygen atoms in total. The number of allylic oxidation sites excluding steroid dienone is 4. The van der Waals surface area contributed by atoms with E-state index in [1.165, 1.54) is 64.2 Å². The molecule has 0 N–H and O–H groups in total. The molecule has 0 aliphatic rings. The highest BCUT2D eigenvalue weighted by atomic mass is 14.0. The van der Waals surface area contributed by atoms with Crippen LogP contribution in [-0.2, 0) is 0 Å². The molecule has 0 aromatic heterocycles. The van der Waals surface area contributed by atoms with E-state index in [1.54, 1.807) is 0 Å². The Kier molecular flexibility index (Phi) is 15.0. The fourth-order valence-corrected chi connectivity index (χ4v) is 1.92. The lowest BCUT2D eigenvalue weighted by Crippen LogP contribution is -1.80. The van der Waals surface area contributed by atoms with Crippen LogP contribution in [0.4, 0.5) is 0 Å². The Morgan fingerprint density at radius 2 is 1.18 bits per heavy atom. The molecule has 17 heavy (non-hydrogen) atoms. The van der Waals surface area contributed by atoms with Gasteiger partial charge in [0.25, 0.3) is 0 Å². The molecular formula is C17H31. The quantitative estimate of drug-likeness (QED) is 0.277. The second-order valence-electron chi connectivity index (χ2n) is 4.73. The van der Waals surface area contributed by atoms with E-state index in [0.717, 1.165) is 6.42 Å². The summed E-state index contributed by atoms with van der Waals surface area (Å²) in [5, 5.41) is 0. The maximum atomic E-state index is 3.87. The third-order valence-corrected chi connectivity index (χ3v) is 3.02. The molecule has 0 spiro atoms. The molecule has 0 saturated carbocycles. The number of unbranched alkanes of at least 4 members (excludes halogenated alkanes) is 9. The van der Waals surface area contributed by atoms with Crippen molar-refractivity contribution in [3.05, 3.63) is 31.2 Å². The van der Waals surface area contributed by atoms with E-state index in [-0.39, 0.29) is 0 Å². The highest BCUT2D eigenvalue weighted by Gasteiger charge is 1.90. The average Bonchev–Trinajstić information content (AvgIpc) is 2.35. The Hall–Kier alpha value is -0.520. The summed E-state index contributed by atoms with van der Waals surface area (Å²) in [7, 11) is 0. The Morgan fingerprint density at radius 3 is 1.82 bits per heavy atom. The minimum absolute atomic E-state index is 1.11. The molecule has 0 aromatic rings. The van der Waals surface area contributed by atoms with Crippen LogP contribution in [0.1, 0.15) is 77.6 Å². The summed E-state index contributed by atoms with van der Waals surface area (Å²) in [5.74, 6) is 0. The highest BCUT2D eigenvalue weighted by Crippen LogP contribution is 2.09. The summed E-state index contributed by atoms with van der Waals surface area (Å²) < 4.78 is 0. The summed E-state index contributed by atoms with van der Waals surface area (Å²) >= 11 is 0. The number of rotatable bonds is 12. The van der Waals surface area contributed by atoms with Crippen LogP contribution in [0.3, 0.4) is 0 Å². The summed E-state index contributed by atoms with van der Waals surface area (Å²) in [6, 6.07) is 0. The molecule has 99 valence electrons. The van der Waals surface area contributed by atoms with Crippen molar-refractivity contribution in [1.82, 2.24) is 0 Å². The topological polar surface area (TPSA) is 0 Å². The van der Waals surface area contributed by atoms with Gasteiger partial charge < -0.3 is 0 Å². The molecule has 0 atom stereocenters. The van der Waals surface area contributed by atoms with Gasteiger partial charge in [-0.25, -0.2) is 0 Å². The molecule has 0 saturated heterocycles.